The number of unbranched alkanes of at least 4 members (excludes halogenated alkanes) is 2. The van der Waals surface area contributed by atoms with Crippen molar-refractivity contribution in [2.75, 3.05) is 33.8 Å². The summed E-state index contributed by atoms with van der Waals surface area (Å²) in [6.07, 6.45) is 9.67. The highest BCUT2D eigenvalue weighted by Gasteiger charge is 2.54. The van der Waals surface area contributed by atoms with Crippen molar-refractivity contribution >= 4 is 11.9 Å². The molecule has 0 spiro atoms. The average Bonchev–Trinajstić information content (AvgIpc) is 3.81. The van der Waals surface area contributed by atoms with E-state index in [0.717, 1.165) is 69.8 Å². The Bertz CT molecular complexity index is 1170. The third-order valence-electron chi connectivity index (χ3n) is 9.91. The number of fused-ring (bicyclic) bond motifs is 1. The summed E-state index contributed by atoms with van der Waals surface area (Å²) < 4.78 is 11.8. The van der Waals surface area contributed by atoms with E-state index in [1.54, 1.807) is 7.11 Å². The molecular weight excluding hydrogens is 512 g/mol. The van der Waals surface area contributed by atoms with Gasteiger partial charge in [0.15, 0.2) is 0 Å². The molecule has 4 unspecified atom stereocenters. The minimum atomic E-state index is -0.234. The Morgan fingerprint density at radius 2 is 1.85 bits per heavy atom. The first-order valence-electron chi connectivity index (χ1n) is 15.7. The fourth-order valence-electron chi connectivity index (χ4n) is 7.44. The Hall–Kier alpha value is -2.86. The van der Waals surface area contributed by atoms with E-state index in [-0.39, 0.29) is 35.4 Å². The lowest BCUT2D eigenvalue weighted by Crippen LogP contribution is -2.62. The summed E-state index contributed by atoms with van der Waals surface area (Å²) in [5, 5.41) is 0. The first-order valence-corrected chi connectivity index (χ1v) is 15.7. The molecule has 4 atom stereocenters. The van der Waals surface area contributed by atoms with Crippen LogP contribution in [0.1, 0.15) is 75.8 Å². The molecule has 0 bridgehead atoms. The van der Waals surface area contributed by atoms with Crippen LogP contribution in [0.2, 0.25) is 0 Å². The summed E-state index contributed by atoms with van der Waals surface area (Å²) in [4.78, 5) is 30.4. The number of rotatable bonds is 12. The molecule has 0 radical (unpaired) electrons. The Kier molecular flexibility index (Phi) is 9.69. The molecule has 0 aromatic heterocycles. The van der Waals surface area contributed by atoms with Gasteiger partial charge in [-0.15, -0.1) is 0 Å². The first-order chi connectivity index (χ1) is 19.9. The molecule has 5 rings (SSSR count). The molecule has 41 heavy (non-hydrogen) atoms. The second kappa shape index (κ2) is 13.4. The summed E-state index contributed by atoms with van der Waals surface area (Å²) in [5.41, 5.74) is 2.42. The molecule has 1 aliphatic heterocycles. The molecule has 2 aliphatic carbocycles. The maximum absolute atomic E-state index is 13.5. The van der Waals surface area contributed by atoms with Gasteiger partial charge >= 0.3 is 5.97 Å². The summed E-state index contributed by atoms with van der Waals surface area (Å²) in [7, 11) is 3.67. The zero-order chi connectivity index (χ0) is 28.8. The van der Waals surface area contributed by atoms with E-state index in [1.165, 1.54) is 30.9 Å². The lowest BCUT2D eigenvalue weighted by atomic mass is 9.56. The van der Waals surface area contributed by atoms with Crippen molar-refractivity contribution in [2.45, 2.75) is 88.7 Å². The van der Waals surface area contributed by atoms with E-state index in [4.69, 9.17) is 9.47 Å². The number of likely N-dealkylation sites (tertiary alicyclic amines) is 1. The fourth-order valence-corrected chi connectivity index (χ4v) is 7.44. The van der Waals surface area contributed by atoms with E-state index < -0.39 is 0 Å². The molecule has 2 aromatic carbocycles. The fraction of sp³-hybridized carbons (Fsp3) is 0.600. The van der Waals surface area contributed by atoms with Gasteiger partial charge in [-0.3, -0.25) is 9.59 Å². The zero-order valence-electron chi connectivity index (χ0n) is 25.2. The highest BCUT2D eigenvalue weighted by molar-refractivity contribution is 5.76. The van der Waals surface area contributed by atoms with Gasteiger partial charge in [-0.05, 0) is 80.7 Å². The molecule has 6 heteroatoms. The van der Waals surface area contributed by atoms with Crippen molar-refractivity contribution in [1.82, 2.24) is 9.80 Å². The number of aryl methyl sites for hydroxylation is 1. The number of hydrogen-bond acceptors (Lipinski definition) is 5. The third kappa shape index (κ3) is 7.32. The molecule has 3 aliphatic rings. The topological polar surface area (TPSA) is 59.1 Å². The van der Waals surface area contributed by atoms with Gasteiger partial charge in [-0.1, -0.05) is 48.9 Å². The van der Waals surface area contributed by atoms with Gasteiger partial charge < -0.3 is 19.3 Å². The number of ether oxygens (including phenoxy) is 2. The number of nitrogens with zero attached hydrogens (tertiary/aromatic N) is 2. The quantitative estimate of drug-likeness (QED) is 0.235. The lowest BCUT2D eigenvalue weighted by molar-refractivity contribution is -0.160. The van der Waals surface area contributed by atoms with Gasteiger partial charge in [0.25, 0.3) is 0 Å². The highest BCUT2D eigenvalue weighted by Crippen LogP contribution is 2.52. The molecule has 0 N–H and O–H groups in total. The number of piperidine rings is 1. The largest absolute Gasteiger partial charge is 0.497 e. The highest BCUT2D eigenvalue weighted by atomic mass is 16.5. The Labute approximate surface area is 246 Å². The normalized spacial score (nSPS) is 26.2. The van der Waals surface area contributed by atoms with Gasteiger partial charge in [-0.25, -0.2) is 0 Å². The van der Waals surface area contributed by atoms with E-state index in [9.17, 15) is 9.59 Å². The second-order valence-corrected chi connectivity index (χ2v) is 12.7. The van der Waals surface area contributed by atoms with Crippen molar-refractivity contribution in [3.8, 4) is 5.75 Å². The second-order valence-electron chi connectivity index (χ2n) is 12.7. The van der Waals surface area contributed by atoms with Crippen LogP contribution >= 0.6 is 0 Å². The van der Waals surface area contributed by atoms with Crippen molar-refractivity contribution in [3.05, 3.63) is 65.7 Å². The van der Waals surface area contributed by atoms with Crippen molar-refractivity contribution in [3.63, 3.8) is 0 Å². The van der Waals surface area contributed by atoms with Crippen LogP contribution in [0.3, 0.4) is 0 Å². The predicted octanol–water partition coefficient (Wildman–Crippen LogP) is 6.02. The number of esters is 1. The monoisotopic (exact) mass is 560 g/mol. The van der Waals surface area contributed by atoms with Gasteiger partial charge in [0.2, 0.25) is 5.91 Å². The molecule has 1 heterocycles. The molecule has 2 saturated carbocycles. The molecule has 1 saturated heterocycles. The van der Waals surface area contributed by atoms with Crippen molar-refractivity contribution in [2.24, 2.45) is 11.8 Å². The van der Waals surface area contributed by atoms with Crippen LogP contribution in [0.5, 0.6) is 5.75 Å². The summed E-state index contributed by atoms with van der Waals surface area (Å²) in [6.45, 7) is 4.62. The van der Waals surface area contributed by atoms with Crippen LogP contribution in [0.15, 0.2) is 54.6 Å². The van der Waals surface area contributed by atoms with Crippen LogP contribution in [0, 0.1) is 11.8 Å². The average molecular weight is 561 g/mol. The minimum Gasteiger partial charge on any atom is -0.497 e. The molecular formula is C35H48N2O4. The Morgan fingerprint density at radius 1 is 1.05 bits per heavy atom. The predicted molar refractivity (Wildman–Crippen MR) is 162 cm³/mol. The maximum atomic E-state index is 13.5. The van der Waals surface area contributed by atoms with Crippen LogP contribution in [-0.2, 0) is 26.2 Å². The van der Waals surface area contributed by atoms with Crippen LogP contribution < -0.4 is 4.74 Å². The van der Waals surface area contributed by atoms with Crippen LogP contribution in [0.4, 0.5) is 0 Å². The molecule has 222 valence electrons. The minimum absolute atomic E-state index is 0.0219. The Morgan fingerprint density at radius 3 is 2.59 bits per heavy atom. The van der Waals surface area contributed by atoms with Crippen LogP contribution in [0.25, 0.3) is 0 Å². The summed E-state index contributed by atoms with van der Waals surface area (Å²) in [5.74, 6) is 1.81. The van der Waals surface area contributed by atoms with Gasteiger partial charge in [0.05, 0.1) is 7.11 Å². The Balaban J connectivity index is 1.31. The molecule has 6 nitrogen and oxygen atoms in total. The van der Waals surface area contributed by atoms with Gasteiger partial charge in [0, 0.05) is 57.3 Å². The molecule has 1 amide bonds. The third-order valence-corrected chi connectivity index (χ3v) is 9.91. The van der Waals surface area contributed by atoms with Gasteiger partial charge in [0.1, 0.15) is 11.9 Å². The number of carbonyl (C=O) groups is 2. The number of amides is 1. The smallest absolute Gasteiger partial charge is 0.302 e. The SMILES string of the molecule is COc1cccc(C23CCN(CC4CC4)CC2C(OC(C)=O)CC(N(C)C(=O)CCCCCc2ccccc2)C3)c1. The zero-order valence-corrected chi connectivity index (χ0v) is 25.2. The lowest BCUT2D eigenvalue weighted by Gasteiger charge is -2.56. The summed E-state index contributed by atoms with van der Waals surface area (Å²) in [6, 6.07) is 19.0. The van der Waals surface area contributed by atoms with Crippen LogP contribution in [-0.4, -0.2) is 67.6 Å². The standard InChI is InChI=1S/C35H48N2O4/c1-26(38)41-33-22-30(36(2)34(39)16-9-5-8-13-27-11-6-4-7-12-27)23-35(29-14-10-15-31(21-29)40-3)19-20-37(25-32(33)35)24-28-17-18-28/h4,6-7,10-12,14-15,21,28,30,32-33H,5,8-9,13,16-20,22-25H2,1-3H3. The van der Waals surface area contributed by atoms with E-state index >= 15 is 0 Å². The van der Waals surface area contributed by atoms with E-state index in [1.807, 2.05) is 24.1 Å². The number of carbonyl (C=O) groups excluding carboxylic acids is 2. The van der Waals surface area contributed by atoms with Crippen molar-refractivity contribution < 1.29 is 19.1 Å². The van der Waals surface area contributed by atoms with E-state index in [0.29, 0.717) is 12.8 Å². The van der Waals surface area contributed by atoms with Crippen molar-refractivity contribution in [1.29, 1.82) is 0 Å². The first kappa shape index (κ1) is 29.6. The number of methoxy groups -OCH3 is 1. The molecule has 3 fully saturated rings. The van der Waals surface area contributed by atoms with Gasteiger partial charge in [-0.2, -0.15) is 0 Å². The van der Waals surface area contributed by atoms with E-state index in [2.05, 4.69) is 47.4 Å². The number of benzene rings is 2. The maximum Gasteiger partial charge on any atom is 0.302 e. The number of hydrogen-bond donors (Lipinski definition) is 0. The summed E-state index contributed by atoms with van der Waals surface area (Å²) >= 11 is 0. The molecule has 2 aromatic rings.